The molecule has 2 heterocycles. The largest absolute Gasteiger partial charge is 0.388 e. The monoisotopic (exact) mass is 413 g/mol. The standard InChI is InChI=1S/C19H25ClFN3O4/c1-12(25)24-6-2-5-23(7-8-24)10-17-18(26)16(11-28-17)22-19(27)13-3-4-15(21)14(20)9-13/h3-4,9,16-18,26H,2,5-8,10-11H2,1H3,(H,22,27). The van der Waals surface area contributed by atoms with Crippen LogP contribution in [-0.4, -0.2) is 84.3 Å². The Kier molecular flexibility index (Phi) is 6.87. The van der Waals surface area contributed by atoms with Crippen molar-refractivity contribution in [1.82, 2.24) is 15.1 Å². The molecule has 3 rings (SSSR count). The minimum absolute atomic E-state index is 0.0719. The van der Waals surface area contributed by atoms with Gasteiger partial charge in [0.2, 0.25) is 5.91 Å². The maximum Gasteiger partial charge on any atom is 0.251 e. The third-order valence-electron chi connectivity index (χ3n) is 5.25. The molecule has 0 aliphatic carbocycles. The summed E-state index contributed by atoms with van der Waals surface area (Å²) >= 11 is 5.72. The first-order valence-electron chi connectivity index (χ1n) is 9.38. The zero-order valence-electron chi connectivity index (χ0n) is 15.7. The van der Waals surface area contributed by atoms with Gasteiger partial charge in [-0.15, -0.1) is 0 Å². The summed E-state index contributed by atoms with van der Waals surface area (Å²) in [7, 11) is 0. The van der Waals surface area contributed by atoms with E-state index in [4.69, 9.17) is 16.3 Å². The number of rotatable bonds is 4. The van der Waals surface area contributed by atoms with Crippen molar-refractivity contribution in [1.29, 1.82) is 0 Å². The number of hydrogen-bond donors (Lipinski definition) is 2. The molecule has 3 atom stereocenters. The number of nitrogens with one attached hydrogen (secondary N) is 1. The normalized spacial score (nSPS) is 26.1. The van der Waals surface area contributed by atoms with Crippen LogP contribution in [0.15, 0.2) is 18.2 Å². The number of halogens is 2. The Morgan fingerprint density at radius 3 is 2.82 bits per heavy atom. The highest BCUT2D eigenvalue weighted by Gasteiger charge is 2.38. The molecule has 2 fully saturated rings. The lowest BCUT2D eigenvalue weighted by atomic mass is 10.1. The molecule has 2 amide bonds. The smallest absolute Gasteiger partial charge is 0.251 e. The molecule has 0 radical (unpaired) electrons. The van der Waals surface area contributed by atoms with E-state index >= 15 is 0 Å². The van der Waals surface area contributed by atoms with Gasteiger partial charge in [-0.25, -0.2) is 4.39 Å². The average Bonchev–Trinajstić information content (AvgIpc) is 2.85. The number of nitrogens with zero attached hydrogens (tertiary/aromatic N) is 2. The molecular formula is C19H25ClFN3O4. The predicted molar refractivity (Wildman–Crippen MR) is 102 cm³/mol. The van der Waals surface area contributed by atoms with Crippen LogP contribution in [-0.2, 0) is 9.53 Å². The number of hydrogen-bond acceptors (Lipinski definition) is 5. The topological polar surface area (TPSA) is 82.1 Å². The summed E-state index contributed by atoms with van der Waals surface area (Å²) in [5.41, 5.74) is 0.221. The third kappa shape index (κ3) is 5.00. The van der Waals surface area contributed by atoms with E-state index in [0.29, 0.717) is 13.1 Å². The molecule has 0 aromatic heterocycles. The van der Waals surface area contributed by atoms with Crippen molar-refractivity contribution < 1.29 is 23.8 Å². The van der Waals surface area contributed by atoms with Crippen molar-refractivity contribution in [2.75, 3.05) is 39.3 Å². The highest BCUT2D eigenvalue weighted by molar-refractivity contribution is 6.31. The van der Waals surface area contributed by atoms with Crippen LogP contribution in [0.1, 0.15) is 23.7 Å². The van der Waals surface area contributed by atoms with E-state index in [1.54, 1.807) is 6.92 Å². The second kappa shape index (κ2) is 9.17. The van der Waals surface area contributed by atoms with Gasteiger partial charge in [0.05, 0.1) is 23.8 Å². The molecule has 0 spiro atoms. The first-order chi connectivity index (χ1) is 13.3. The van der Waals surface area contributed by atoms with Crippen LogP contribution >= 0.6 is 11.6 Å². The molecule has 154 valence electrons. The highest BCUT2D eigenvalue weighted by Crippen LogP contribution is 2.19. The minimum Gasteiger partial charge on any atom is -0.388 e. The van der Waals surface area contributed by atoms with Crippen molar-refractivity contribution in [3.63, 3.8) is 0 Å². The number of carbonyl (C=O) groups excluding carboxylic acids is 2. The van der Waals surface area contributed by atoms with Gasteiger partial charge >= 0.3 is 0 Å². The van der Waals surface area contributed by atoms with Crippen molar-refractivity contribution in [2.45, 2.75) is 31.6 Å². The fraction of sp³-hybridized carbons (Fsp3) is 0.579. The van der Waals surface area contributed by atoms with Gasteiger partial charge in [0.1, 0.15) is 11.9 Å². The van der Waals surface area contributed by atoms with Crippen molar-refractivity contribution >= 4 is 23.4 Å². The maximum absolute atomic E-state index is 13.3. The fourth-order valence-corrected chi connectivity index (χ4v) is 3.76. The summed E-state index contributed by atoms with van der Waals surface area (Å²) in [4.78, 5) is 27.9. The second-order valence-electron chi connectivity index (χ2n) is 7.23. The lowest BCUT2D eigenvalue weighted by Crippen LogP contribution is -2.47. The molecule has 2 aliphatic rings. The van der Waals surface area contributed by atoms with E-state index in [1.807, 2.05) is 4.90 Å². The summed E-state index contributed by atoms with van der Waals surface area (Å²) < 4.78 is 19.0. The zero-order chi connectivity index (χ0) is 20.3. The molecule has 2 N–H and O–H groups in total. The molecule has 1 aromatic carbocycles. The number of ether oxygens (including phenoxy) is 1. The highest BCUT2D eigenvalue weighted by atomic mass is 35.5. The Hall–Kier alpha value is -1.74. The summed E-state index contributed by atoms with van der Waals surface area (Å²) in [5, 5.41) is 13.2. The van der Waals surface area contributed by atoms with Gasteiger partial charge in [0.15, 0.2) is 0 Å². The van der Waals surface area contributed by atoms with E-state index in [1.165, 1.54) is 12.1 Å². The summed E-state index contributed by atoms with van der Waals surface area (Å²) in [5.74, 6) is -0.965. The Morgan fingerprint density at radius 2 is 2.11 bits per heavy atom. The first kappa shape index (κ1) is 21.0. The molecule has 9 heteroatoms. The first-order valence-corrected chi connectivity index (χ1v) is 9.76. The van der Waals surface area contributed by atoms with Crippen LogP contribution in [0.4, 0.5) is 4.39 Å². The minimum atomic E-state index is -0.855. The van der Waals surface area contributed by atoms with Gasteiger partial charge < -0.3 is 20.1 Å². The van der Waals surface area contributed by atoms with Crippen molar-refractivity contribution in [3.05, 3.63) is 34.6 Å². The van der Waals surface area contributed by atoms with Gasteiger partial charge in [0.25, 0.3) is 5.91 Å². The molecule has 0 saturated carbocycles. The van der Waals surface area contributed by atoms with Gasteiger partial charge in [0, 0.05) is 38.7 Å². The molecule has 3 unspecified atom stereocenters. The van der Waals surface area contributed by atoms with Gasteiger partial charge in [-0.3, -0.25) is 14.5 Å². The Bertz CT molecular complexity index is 735. The Labute approximate surface area is 168 Å². The van der Waals surface area contributed by atoms with E-state index < -0.39 is 30.0 Å². The second-order valence-corrected chi connectivity index (χ2v) is 7.64. The third-order valence-corrected chi connectivity index (χ3v) is 5.54. The molecule has 28 heavy (non-hydrogen) atoms. The molecule has 2 aliphatic heterocycles. The van der Waals surface area contributed by atoms with Gasteiger partial charge in [-0.05, 0) is 31.2 Å². The van der Waals surface area contributed by atoms with E-state index in [9.17, 15) is 19.1 Å². The molecular weight excluding hydrogens is 389 g/mol. The lowest BCUT2D eigenvalue weighted by Gasteiger charge is -2.26. The van der Waals surface area contributed by atoms with E-state index in [0.717, 1.165) is 32.1 Å². The molecule has 1 aromatic rings. The number of benzene rings is 1. The number of amides is 2. The SMILES string of the molecule is CC(=O)N1CCCN(CC2OCC(NC(=O)c3ccc(F)c(Cl)c3)C2O)CC1. The van der Waals surface area contributed by atoms with Crippen molar-refractivity contribution in [2.24, 2.45) is 0 Å². The number of aliphatic hydroxyl groups is 1. The molecule has 7 nitrogen and oxygen atoms in total. The quantitative estimate of drug-likeness (QED) is 0.766. The van der Waals surface area contributed by atoms with Crippen molar-refractivity contribution in [3.8, 4) is 0 Å². The molecule has 2 saturated heterocycles. The molecule has 0 bridgehead atoms. The van der Waals surface area contributed by atoms with Crippen LogP contribution in [0.2, 0.25) is 5.02 Å². The van der Waals surface area contributed by atoms with Crippen LogP contribution in [0, 0.1) is 5.82 Å². The predicted octanol–water partition coefficient (Wildman–Crippen LogP) is 0.891. The van der Waals surface area contributed by atoms with Crippen LogP contribution < -0.4 is 5.32 Å². The number of aliphatic hydroxyl groups excluding tert-OH is 1. The summed E-state index contributed by atoms with van der Waals surface area (Å²) in [6.45, 7) is 5.23. The zero-order valence-corrected chi connectivity index (χ0v) is 16.5. The van der Waals surface area contributed by atoms with Gasteiger partial charge in [-0.1, -0.05) is 11.6 Å². The van der Waals surface area contributed by atoms with Gasteiger partial charge in [-0.2, -0.15) is 0 Å². The van der Waals surface area contributed by atoms with E-state index in [2.05, 4.69) is 10.2 Å². The summed E-state index contributed by atoms with van der Waals surface area (Å²) in [6, 6.07) is 3.17. The Balaban J connectivity index is 1.52. The summed E-state index contributed by atoms with van der Waals surface area (Å²) in [6.07, 6.45) is -0.411. The fourth-order valence-electron chi connectivity index (χ4n) is 3.58. The number of carbonyl (C=O) groups is 2. The van der Waals surface area contributed by atoms with Crippen LogP contribution in [0.25, 0.3) is 0 Å². The van der Waals surface area contributed by atoms with Crippen LogP contribution in [0.3, 0.4) is 0 Å². The lowest BCUT2D eigenvalue weighted by molar-refractivity contribution is -0.128. The maximum atomic E-state index is 13.3. The van der Waals surface area contributed by atoms with Crippen LogP contribution in [0.5, 0.6) is 0 Å². The average molecular weight is 414 g/mol. The Morgan fingerprint density at radius 1 is 1.32 bits per heavy atom. The van der Waals surface area contributed by atoms with E-state index in [-0.39, 0.29) is 23.1 Å².